The zero-order valence-corrected chi connectivity index (χ0v) is 27.4. The van der Waals surface area contributed by atoms with Crippen LogP contribution in [-0.2, 0) is 4.79 Å². The van der Waals surface area contributed by atoms with Crippen LogP contribution in [0.1, 0.15) is 187 Å². The molecule has 0 aromatic rings. The van der Waals surface area contributed by atoms with Crippen LogP contribution in [0.4, 0.5) is 0 Å². The maximum Gasteiger partial charge on any atom is 0.220 e. The summed E-state index contributed by atoms with van der Waals surface area (Å²) >= 11 is 0. The van der Waals surface area contributed by atoms with Gasteiger partial charge in [-0.25, -0.2) is 0 Å². The van der Waals surface area contributed by atoms with Gasteiger partial charge in [-0.05, 0) is 12.8 Å². The lowest BCUT2D eigenvalue weighted by Gasteiger charge is -2.20. The minimum atomic E-state index is -1.01. The third kappa shape index (κ3) is 29.0. The molecule has 0 aliphatic carbocycles. The first-order chi connectivity index (χ1) is 20.0. The quantitative estimate of drug-likeness (QED) is 0.0471. The summed E-state index contributed by atoms with van der Waals surface area (Å²) in [5.74, 6) is -0.128. The molecule has 4 N–H and O–H groups in total. The van der Waals surface area contributed by atoms with Crippen molar-refractivity contribution in [3.05, 3.63) is 12.2 Å². The first-order valence-corrected chi connectivity index (χ1v) is 18.0. The van der Waals surface area contributed by atoms with Crippen LogP contribution in [0.25, 0.3) is 0 Å². The van der Waals surface area contributed by atoms with Crippen molar-refractivity contribution in [2.75, 3.05) is 6.61 Å². The van der Waals surface area contributed by atoms with Crippen LogP contribution in [0.3, 0.4) is 0 Å². The molecule has 1 amide bonds. The van der Waals surface area contributed by atoms with E-state index in [2.05, 4.69) is 19.2 Å². The number of amides is 1. The molecule has 0 heterocycles. The molecular weight excluding hydrogens is 510 g/mol. The lowest BCUT2D eigenvalue weighted by atomic mass is 10.0. The van der Waals surface area contributed by atoms with Gasteiger partial charge in [0.1, 0.15) is 0 Å². The van der Waals surface area contributed by atoms with Gasteiger partial charge in [-0.15, -0.1) is 0 Å². The van der Waals surface area contributed by atoms with Crippen LogP contribution in [-0.4, -0.2) is 46.1 Å². The van der Waals surface area contributed by atoms with Crippen molar-refractivity contribution in [1.29, 1.82) is 0 Å². The Labute approximate surface area is 255 Å². The average molecular weight is 582 g/mol. The van der Waals surface area contributed by atoms with Crippen molar-refractivity contribution in [3.63, 3.8) is 0 Å². The second kappa shape index (κ2) is 32.0. The van der Waals surface area contributed by atoms with E-state index in [4.69, 9.17) is 0 Å². The Morgan fingerprint density at radius 1 is 0.561 bits per heavy atom. The van der Waals surface area contributed by atoms with Crippen molar-refractivity contribution in [2.24, 2.45) is 0 Å². The predicted molar refractivity (Wildman–Crippen MR) is 176 cm³/mol. The fourth-order valence-corrected chi connectivity index (χ4v) is 5.49. The summed E-state index contributed by atoms with van der Waals surface area (Å²) in [7, 11) is 0. The summed E-state index contributed by atoms with van der Waals surface area (Å²) in [5.41, 5.74) is 0. The average Bonchev–Trinajstić information content (AvgIpc) is 2.97. The second-order valence-corrected chi connectivity index (χ2v) is 12.5. The molecule has 5 heteroatoms. The van der Waals surface area contributed by atoms with E-state index in [-0.39, 0.29) is 12.5 Å². The van der Waals surface area contributed by atoms with Crippen LogP contribution in [0.15, 0.2) is 12.2 Å². The maximum atomic E-state index is 12.3. The highest BCUT2D eigenvalue weighted by Crippen LogP contribution is 2.15. The first kappa shape index (κ1) is 40.1. The Morgan fingerprint density at radius 3 is 1.32 bits per heavy atom. The molecule has 1 unspecified atom stereocenters. The molecular formula is C36H71NO4. The van der Waals surface area contributed by atoms with Gasteiger partial charge in [-0.3, -0.25) is 4.79 Å². The lowest BCUT2D eigenvalue weighted by molar-refractivity contribution is -0.123. The Bertz CT molecular complexity index is 568. The van der Waals surface area contributed by atoms with E-state index in [1.807, 2.05) is 0 Å². The highest BCUT2D eigenvalue weighted by Gasteiger charge is 2.18. The minimum absolute atomic E-state index is 0.128. The van der Waals surface area contributed by atoms with Crippen molar-refractivity contribution < 1.29 is 20.1 Å². The molecule has 3 atom stereocenters. The summed E-state index contributed by atoms with van der Waals surface area (Å²) in [6.07, 6.45) is 34.5. The van der Waals surface area contributed by atoms with Crippen LogP contribution >= 0.6 is 0 Å². The Kier molecular flexibility index (Phi) is 31.3. The van der Waals surface area contributed by atoms with E-state index in [0.717, 1.165) is 32.1 Å². The summed E-state index contributed by atoms with van der Waals surface area (Å²) in [6.45, 7) is 4.19. The molecule has 0 saturated carbocycles. The molecule has 0 radical (unpaired) electrons. The molecule has 41 heavy (non-hydrogen) atoms. The smallest absolute Gasteiger partial charge is 0.220 e. The molecule has 5 nitrogen and oxygen atoms in total. The highest BCUT2D eigenvalue weighted by molar-refractivity contribution is 5.76. The zero-order chi connectivity index (χ0) is 30.2. The predicted octanol–water partition coefficient (Wildman–Crippen LogP) is 9.31. The highest BCUT2D eigenvalue weighted by atomic mass is 16.3. The summed E-state index contributed by atoms with van der Waals surface area (Å²) in [6, 6.07) is -0.736. The van der Waals surface area contributed by atoms with Gasteiger partial charge < -0.3 is 20.6 Å². The van der Waals surface area contributed by atoms with Gasteiger partial charge in [0.05, 0.1) is 24.9 Å². The standard InChI is InChI=1S/C36H71NO4/c1-3-5-7-9-11-13-15-16-17-18-19-21-23-25-27-29-36(41)37-34(32-38)35(40)31-30-33(39)28-26-24-22-20-14-12-10-8-6-4-2/h30-31,33-35,38-40H,3-29,32H2,1-2H3,(H,37,41)/b31-30+/t33?,34-,35+/m0/s1. The second-order valence-electron chi connectivity index (χ2n) is 12.5. The molecule has 0 aliphatic heterocycles. The Morgan fingerprint density at radius 2 is 0.927 bits per heavy atom. The third-order valence-electron chi connectivity index (χ3n) is 8.35. The number of aliphatic hydroxyl groups is 3. The van der Waals surface area contributed by atoms with Crippen molar-refractivity contribution in [1.82, 2.24) is 5.32 Å². The molecule has 0 saturated heterocycles. The third-order valence-corrected chi connectivity index (χ3v) is 8.35. The van der Waals surface area contributed by atoms with E-state index in [1.165, 1.54) is 134 Å². The van der Waals surface area contributed by atoms with E-state index >= 15 is 0 Å². The van der Waals surface area contributed by atoms with Gasteiger partial charge in [0.25, 0.3) is 0 Å². The molecule has 0 aromatic carbocycles. The Hall–Kier alpha value is -0.910. The molecule has 0 fully saturated rings. The number of hydrogen-bond donors (Lipinski definition) is 4. The van der Waals surface area contributed by atoms with E-state index in [9.17, 15) is 20.1 Å². The van der Waals surface area contributed by atoms with Gasteiger partial charge in [-0.1, -0.05) is 180 Å². The number of nitrogens with one attached hydrogen (secondary N) is 1. The SMILES string of the molecule is CCCCCCCCCCCCCCCCCC(=O)N[C@@H](CO)[C@H](O)/C=C/C(O)CCCCCCCCCCCC. The summed E-state index contributed by atoms with van der Waals surface area (Å²) in [5, 5.41) is 33.0. The topological polar surface area (TPSA) is 89.8 Å². The van der Waals surface area contributed by atoms with Crippen LogP contribution < -0.4 is 5.32 Å². The largest absolute Gasteiger partial charge is 0.394 e. The maximum absolute atomic E-state index is 12.3. The van der Waals surface area contributed by atoms with Crippen LogP contribution in [0, 0.1) is 0 Å². The zero-order valence-electron chi connectivity index (χ0n) is 27.4. The molecule has 0 aliphatic rings. The monoisotopic (exact) mass is 582 g/mol. The van der Waals surface area contributed by atoms with Gasteiger partial charge in [0.15, 0.2) is 0 Å². The summed E-state index contributed by atoms with van der Waals surface area (Å²) in [4.78, 5) is 12.3. The van der Waals surface area contributed by atoms with Gasteiger partial charge in [0.2, 0.25) is 5.91 Å². The van der Waals surface area contributed by atoms with Crippen LogP contribution in [0.2, 0.25) is 0 Å². The normalized spacial score (nSPS) is 14.0. The van der Waals surface area contributed by atoms with Gasteiger partial charge in [0, 0.05) is 6.42 Å². The van der Waals surface area contributed by atoms with Crippen molar-refractivity contribution in [2.45, 2.75) is 205 Å². The fraction of sp³-hybridized carbons (Fsp3) is 0.917. The number of carbonyl (C=O) groups is 1. The number of hydrogen-bond acceptors (Lipinski definition) is 4. The van der Waals surface area contributed by atoms with Crippen LogP contribution in [0.5, 0.6) is 0 Å². The van der Waals surface area contributed by atoms with E-state index in [1.54, 1.807) is 6.08 Å². The molecule has 244 valence electrons. The molecule has 0 bridgehead atoms. The van der Waals surface area contributed by atoms with Crippen molar-refractivity contribution >= 4 is 5.91 Å². The minimum Gasteiger partial charge on any atom is -0.394 e. The lowest BCUT2D eigenvalue weighted by Crippen LogP contribution is -2.45. The summed E-state index contributed by atoms with van der Waals surface area (Å²) < 4.78 is 0. The van der Waals surface area contributed by atoms with E-state index in [0.29, 0.717) is 12.8 Å². The van der Waals surface area contributed by atoms with Gasteiger partial charge in [-0.2, -0.15) is 0 Å². The van der Waals surface area contributed by atoms with E-state index < -0.39 is 18.2 Å². The molecule has 0 spiro atoms. The fourth-order valence-electron chi connectivity index (χ4n) is 5.49. The number of carbonyl (C=O) groups excluding carboxylic acids is 1. The van der Waals surface area contributed by atoms with Gasteiger partial charge >= 0.3 is 0 Å². The number of unbranched alkanes of at least 4 members (excludes halogenated alkanes) is 23. The molecule has 0 rings (SSSR count). The first-order valence-electron chi connectivity index (χ1n) is 18.0. The number of rotatable bonds is 32. The Balaban J connectivity index is 3.73. The molecule has 0 aromatic heterocycles. The van der Waals surface area contributed by atoms with Crippen molar-refractivity contribution in [3.8, 4) is 0 Å². The number of aliphatic hydroxyl groups excluding tert-OH is 3.